The fraction of sp³-hybridized carbons (Fsp3) is 0.929. The summed E-state index contributed by atoms with van der Waals surface area (Å²) in [6, 6.07) is 0. The van der Waals surface area contributed by atoms with Crippen LogP contribution in [0.3, 0.4) is 0 Å². The van der Waals surface area contributed by atoms with Crippen molar-refractivity contribution >= 4 is 5.91 Å². The summed E-state index contributed by atoms with van der Waals surface area (Å²) in [7, 11) is 0. The lowest BCUT2D eigenvalue weighted by Gasteiger charge is -2.29. The first-order chi connectivity index (χ1) is 7.84. The van der Waals surface area contributed by atoms with Crippen molar-refractivity contribution in [2.75, 3.05) is 6.54 Å². The van der Waals surface area contributed by atoms with Crippen molar-refractivity contribution in [1.29, 1.82) is 0 Å². The summed E-state index contributed by atoms with van der Waals surface area (Å²) in [5.41, 5.74) is 0.0665. The van der Waals surface area contributed by atoms with Crippen molar-refractivity contribution < 1.29 is 4.79 Å². The zero-order valence-corrected chi connectivity index (χ0v) is 11.8. The van der Waals surface area contributed by atoms with Crippen LogP contribution in [0.1, 0.15) is 53.9 Å². The predicted octanol–water partition coefficient (Wildman–Crippen LogP) is 2.37. The Bertz CT molecular complexity index is 322. The van der Waals surface area contributed by atoms with Gasteiger partial charge in [-0.3, -0.25) is 10.1 Å². The fourth-order valence-electron chi connectivity index (χ4n) is 2.97. The molecule has 0 radical (unpaired) electrons. The molecule has 2 rings (SSSR count). The highest BCUT2D eigenvalue weighted by molar-refractivity contribution is 5.88. The third-order valence-electron chi connectivity index (χ3n) is 5.04. The highest BCUT2D eigenvalue weighted by Crippen LogP contribution is 2.53. The van der Waals surface area contributed by atoms with E-state index in [0.29, 0.717) is 17.2 Å². The quantitative estimate of drug-likeness (QED) is 0.815. The summed E-state index contributed by atoms with van der Waals surface area (Å²) in [4.78, 5) is 14.5. The summed E-state index contributed by atoms with van der Waals surface area (Å²) in [6.45, 7) is 11.7. The van der Waals surface area contributed by atoms with Gasteiger partial charge in [0.2, 0.25) is 5.91 Å². The first-order valence-electron chi connectivity index (χ1n) is 6.93. The van der Waals surface area contributed by atoms with Gasteiger partial charge in [-0.05, 0) is 44.4 Å². The molecule has 2 atom stereocenters. The second-order valence-electron chi connectivity index (χ2n) is 6.46. The molecule has 1 aliphatic carbocycles. The Kier molecular flexibility index (Phi) is 3.01. The Morgan fingerprint density at radius 3 is 2.41 bits per heavy atom. The third-order valence-corrected chi connectivity index (χ3v) is 5.04. The van der Waals surface area contributed by atoms with Crippen LogP contribution in [0.25, 0.3) is 0 Å². The molecule has 98 valence electrons. The molecule has 1 heterocycles. The van der Waals surface area contributed by atoms with Crippen LogP contribution in [0.4, 0.5) is 0 Å². The average molecular weight is 238 g/mol. The standard InChI is InChI=1S/C14H26N2O/c1-6-13(5)12(17)16(11(4)15-13)9-14(7-8-14)10(2)3/h10-11,15H,6-9H2,1-5H3. The van der Waals surface area contributed by atoms with E-state index in [0.717, 1.165) is 13.0 Å². The van der Waals surface area contributed by atoms with Gasteiger partial charge in [-0.15, -0.1) is 0 Å². The third kappa shape index (κ3) is 1.99. The molecule has 1 amide bonds. The molecule has 1 saturated carbocycles. The number of carbonyl (C=O) groups is 1. The molecule has 17 heavy (non-hydrogen) atoms. The van der Waals surface area contributed by atoms with Gasteiger partial charge >= 0.3 is 0 Å². The van der Waals surface area contributed by atoms with Crippen LogP contribution in [0.2, 0.25) is 0 Å². The number of rotatable bonds is 4. The predicted molar refractivity (Wildman–Crippen MR) is 69.5 cm³/mol. The van der Waals surface area contributed by atoms with Crippen LogP contribution in [-0.4, -0.2) is 29.1 Å². The second-order valence-corrected chi connectivity index (χ2v) is 6.46. The molecule has 0 spiro atoms. The zero-order chi connectivity index (χ0) is 12.8. The molecule has 1 N–H and O–H groups in total. The molecule has 1 aliphatic heterocycles. The molecule has 2 aliphatic rings. The first kappa shape index (κ1) is 12.9. The van der Waals surface area contributed by atoms with E-state index in [4.69, 9.17) is 0 Å². The summed E-state index contributed by atoms with van der Waals surface area (Å²) < 4.78 is 0. The van der Waals surface area contributed by atoms with E-state index in [-0.39, 0.29) is 11.7 Å². The van der Waals surface area contributed by atoms with Gasteiger partial charge < -0.3 is 4.90 Å². The highest BCUT2D eigenvalue weighted by atomic mass is 16.2. The number of carbonyl (C=O) groups excluding carboxylic acids is 1. The fourth-order valence-corrected chi connectivity index (χ4v) is 2.97. The van der Waals surface area contributed by atoms with Gasteiger partial charge in [0.25, 0.3) is 0 Å². The second kappa shape index (κ2) is 3.98. The van der Waals surface area contributed by atoms with E-state index in [1.807, 2.05) is 6.92 Å². The van der Waals surface area contributed by atoms with Crippen molar-refractivity contribution in [1.82, 2.24) is 10.2 Å². The van der Waals surface area contributed by atoms with Gasteiger partial charge in [-0.1, -0.05) is 20.8 Å². The molecule has 0 bridgehead atoms. The van der Waals surface area contributed by atoms with Crippen molar-refractivity contribution in [3.05, 3.63) is 0 Å². The molecule has 2 unspecified atom stereocenters. The maximum atomic E-state index is 12.5. The van der Waals surface area contributed by atoms with Crippen LogP contribution in [-0.2, 0) is 4.79 Å². The van der Waals surface area contributed by atoms with Crippen LogP contribution >= 0.6 is 0 Å². The molecular formula is C14H26N2O. The normalized spacial score (nSPS) is 35.8. The van der Waals surface area contributed by atoms with Gasteiger partial charge in [-0.25, -0.2) is 0 Å². The van der Waals surface area contributed by atoms with Gasteiger partial charge in [-0.2, -0.15) is 0 Å². The van der Waals surface area contributed by atoms with Crippen molar-refractivity contribution in [3.63, 3.8) is 0 Å². The summed E-state index contributed by atoms with van der Waals surface area (Å²) in [5.74, 6) is 0.968. The Labute approximate surface area is 105 Å². The van der Waals surface area contributed by atoms with Crippen LogP contribution in [0.15, 0.2) is 0 Å². The summed E-state index contributed by atoms with van der Waals surface area (Å²) in [5, 5.41) is 3.45. The molecular weight excluding hydrogens is 212 g/mol. The van der Waals surface area contributed by atoms with Crippen LogP contribution < -0.4 is 5.32 Å². The number of hydrogen-bond acceptors (Lipinski definition) is 2. The number of amides is 1. The van der Waals surface area contributed by atoms with E-state index in [2.05, 4.69) is 37.9 Å². The van der Waals surface area contributed by atoms with Crippen molar-refractivity contribution in [2.45, 2.75) is 65.6 Å². The lowest BCUT2D eigenvalue weighted by Crippen LogP contribution is -2.43. The highest BCUT2D eigenvalue weighted by Gasteiger charge is 2.52. The maximum absolute atomic E-state index is 12.5. The topological polar surface area (TPSA) is 32.3 Å². The molecule has 0 aromatic heterocycles. The van der Waals surface area contributed by atoms with Gasteiger partial charge in [0.05, 0.1) is 11.7 Å². The molecule has 0 aromatic carbocycles. The number of hydrogen-bond donors (Lipinski definition) is 1. The van der Waals surface area contributed by atoms with Crippen LogP contribution in [0.5, 0.6) is 0 Å². The van der Waals surface area contributed by atoms with Gasteiger partial charge in [0.1, 0.15) is 0 Å². The van der Waals surface area contributed by atoms with Gasteiger partial charge in [0, 0.05) is 6.54 Å². The zero-order valence-electron chi connectivity index (χ0n) is 11.8. The van der Waals surface area contributed by atoms with E-state index in [1.165, 1.54) is 12.8 Å². The van der Waals surface area contributed by atoms with E-state index >= 15 is 0 Å². The van der Waals surface area contributed by atoms with Crippen LogP contribution in [0, 0.1) is 11.3 Å². The molecule has 3 heteroatoms. The lowest BCUT2D eigenvalue weighted by molar-refractivity contribution is -0.133. The SMILES string of the molecule is CCC1(C)NC(C)N(CC2(C(C)C)CC2)C1=O. The minimum absolute atomic E-state index is 0.184. The maximum Gasteiger partial charge on any atom is 0.243 e. The number of nitrogens with zero attached hydrogens (tertiary/aromatic N) is 1. The van der Waals surface area contributed by atoms with E-state index < -0.39 is 0 Å². The first-order valence-corrected chi connectivity index (χ1v) is 6.93. The minimum atomic E-state index is -0.341. The van der Waals surface area contributed by atoms with E-state index in [1.54, 1.807) is 0 Å². The molecule has 3 nitrogen and oxygen atoms in total. The molecule has 1 saturated heterocycles. The average Bonchev–Trinajstić information content (AvgIpc) is 3.01. The molecule has 0 aromatic rings. The Morgan fingerprint density at radius 2 is 2.06 bits per heavy atom. The van der Waals surface area contributed by atoms with E-state index in [9.17, 15) is 4.79 Å². The summed E-state index contributed by atoms with van der Waals surface area (Å²) >= 11 is 0. The largest absolute Gasteiger partial charge is 0.325 e. The minimum Gasteiger partial charge on any atom is -0.325 e. The van der Waals surface area contributed by atoms with Gasteiger partial charge in [0.15, 0.2) is 0 Å². The Morgan fingerprint density at radius 1 is 1.47 bits per heavy atom. The monoisotopic (exact) mass is 238 g/mol. The molecule has 2 fully saturated rings. The Hall–Kier alpha value is -0.570. The lowest BCUT2D eigenvalue weighted by atomic mass is 9.91. The Balaban J connectivity index is 2.10. The summed E-state index contributed by atoms with van der Waals surface area (Å²) in [6.07, 6.45) is 3.61. The van der Waals surface area contributed by atoms with Crippen molar-refractivity contribution in [3.8, 4) is 0 Å². The van der Waals surface area contributed by atoms with Crippen molar-refractivity contribution in [2.24, 2.45) is 11.3 Å². The number of nitrogens with one attached hydrogen (secondary N) is 1. The smallest absolute Gasteiger partial charge is 0.243 e.